The van der Waals surface area contributed by atoms with E-state index in [4.69, 9.17) is 9.84 Å². The Morgan fingerprint density at radius 3 is 2.40 bits per heavy atom. The Morgan fingerprint density at radius 2 is 1.80 bits per heavy atom. The summed E-state index contributed by atoms with van der Waals surface area (Å²) in [6.45, 7) is 1.91. The lowest BCUT2D eigenvalue weighted by Crippen LogP contribution is -1.89. The van der Waals surface area contributed by atoms with Crippen LogP contribution >= 0.6 is 15.9 Å². The van der Waals surface area contributed by atoms with Crippen LogP contribution in [0.3, 0.4) is 0 Å². The Labute approximate surface area is 125 Å². The highest BCUT2D eigenvalue weighted by atomic mass is 79.9. The number of aryl methyl sites for hydroxylation is 1. The minimum atomic E-state index is -0.959. The Bertz CT molecular complexity index is 645. The SMILES string of the molecule is Cc1cc(Oc2ccc(Br)cc2)ccc1C=CC(=O)O. The van der Waals surface area contributed by atoms with Gasteiger partial charge < -0.3 is 9.84 Å². The van der Waals surface area contributed by atoms with Crippen LogP contribution in [0.4, 0.5) is 0 Å². The summed E-state index contributed by atoms with van der Waals surface area (Å²) in [6.07, 6.45) is 2.69. The van der Waals surface area contributed by atoms with E-state index in [9.17, 15) is 4.79 Å². The Morgan fingerprint density at radius 1 is 1.15 bits per heavy atom. The number of hydrogen-bond donors (Lipinski definition) is 1. The van der Waals surface area contributed by atoms with Crippen molar-refractivity contribution in [1.29, 1.82) is 0 Å². The van der Waals surface area contributed by atoms with Crippen molar-refractivity contribution in [3.63, 3.8) is 0 Å². The molecule has 0 aromatic heterocycles. The molecule has 0 aliphatic rings. The molecule has 0 aliphatic heterocycles. The third-order valence-corrected chi connectivity index (χ3v) is 3.22. The number of halogens is 1. The highest BCUT2D eigenvalue weighted by molar-refractivity contribution is 9.10. The molecular weight excluding hydrogens is 320 g/mol. The molecule has 2 aromatic rings. The maximum absolute atomic E-state index is 10.5. The molecule has 0 spiro atoms. The van der Waals surface area contributed by atoms with Crippen molar-refractivity contribution in [3.05, 3.63) is 64.1 Å². The first-order valence-electron chi connectivity index (χ1n) is 6.00. The smallest absolute Gasteiger partial charge is 0.328 e. The summed E-state index contributed by atoms with van der Waals surface area (Å²) in [4.78, 5) is 10.5. The van der Waals surface area contributed by atoms with Gasteiger partial charge in [-0.25, -0.2) is 4.79 Å². The minimum absolute atomic E-state index is 0.720. The van der Waals surface area contributed by atoms with Crippen molar-refractivity contribution in [2.24, 2.45) is 0 Å². The number of benzene rings is 2. The van der Waals surface area contributed by atoms with Crippen molar-refractivity contribution in [2.75, 3.05) is 0 Å². The van der Waals surface area contributed by atoms with Crippen LogP contribution in [-0.4, -0.2) is 11.1 Å². The molecular formula is C16H13BrO3. The number of ether oxygens (including phenoxy) is 1. The third kappa shape index (κ3) is 3.96. The lowest BCUT2D eigenvalue weighted by atomic mass is 10.1. The van der Waals surface area contributed by atoms with Crippen molar-refractivity contribution < 1.29 is 14.6 Å². The summed E-state index contributed by atoms with van der Waals surface area (Å²) in [7, 11) is 0. The zero-order valence-electron chi connectivity index (χ0n) is 10.8. The van der Waals surface area contributed by atoms with E-state index in [-0.39, 0.29) is 0 Å². The van der Waals surface area contributed by atoms with E-state index in [1.165, 1.54) is 0 Å². The number of carboxylic acid groups (broad SMARTS) is 1. The highest BCUT2D eigenvalue weighted by Crippen LogP contribution is 2.25. The average Bonchev–Trinajstić information content (AvgIpc) is 2.40. The molecule has 20 heavy (non-hydrogen) atoms. The highest BCUT2D eigenvalue weighted by Gasteiger charge is 2.01. The van der Waals surface area contributed by atoms with Gasteiger partial charge in [-0.1, -0.05) is 22.0 Å². The standard InChI is InChI=1S/C16H13BrO3/c1-11-10-15(6-2-12(11)3-9-16(18)19)20-14-7-4-13(17)5-8-14/h2-10H,1H3,(H,18,19). The zero-order valence-corrected chi connectivity index (χ0v) is 12.4. The van der Waals surface area contributed by atoms with Crippen LogP contribution in [0.2, 0.25) is 0 Å². The lowest BCUT2D eigenvalue weighted by Gasteiger charge is -2.08. The van der Waals surface area contributed by atoms with Crippen molar-refractivity contribution in [3.8, 4) is 11.5 Å². The van der Waals surface area contributed by atoms with Crippen molar-refractivity contribution in [1.82, 2.24) is 0 Å². The van der Waals surface area contributed by atoms with E-state index in [1.807, 2.05) is 49.4 Å². The molecule has 0 bridgehead atoms. The molecule has 1 N–H and O–H groups in total. The number of carbonyl (C=O) groups is 1. The van der Waals surface area contributed by atoms with Crippen LogP contribution in [0.5, 0.6) is 11.5 Å². The van der Waals surface area contributed by atoms with Crippen LogP contribution in [0, 0.1) is 6.92 Å². The topological polar surface area (TPSA) is 46.5 Å². The van der Waals surface area contributed by atoms with Crippen LogP contribution in [-0.2, 0) is 4.79 Å². The normalized spacial score (nSPS) is 10.7. The average molecular weight is 333 g/mol. The van der Waals surface area contributed by atoms with Gasteiger partial charge in [0.25, 0.3) is 0 Å². The number of carboxylic acids is 1. The molecule has 0 radical (unpaired) electrons. The van der Waals surface area contributed by atoms with Gasteiger partial charge in [-0.05, 0) is 60.5 Å². The quantitative estimate of drug-likeness (QED) is 0.829. The first-order chi connectivity index (χ1) is 9.54. The molecule has 2 aromatic carbocycles. The molecule has 0 aliphatic carbocycles. The first-order valence-corrected chi connectivity index (χ1v) is 6.79. The largest absolute Gasteiger partial charge is 0.478 e. The summed E-state index contributed by atoms with van der Waals surface area (Å²) in [5.41, 5.74) is 1.81. The predicted molar refractivity (Wildman–Crippen MR) is 82.1 cm³/mol. The Balaban J connectivity index is 2.16. The fourth-order valence-electron chi connectivity index (χ4n) is 1.70. The van der Waals surface area contributed by atoms with E-state index in [0.29, 0.717) is 0 Å². The van der Waals surface area contributed by atoms with Gasteiger partial charge in [0.05, 0.1) is 0 Å². The fourth-order valence-corrected chi connectivity index (χ4v) is 1.96. The second-order valence-corrected chi connectivity index (χ2v) is 5.16. The monoisotopic (exact) mass is 332 g/mol. The molecule has 0 saturated carbocycles. The fraction of sp³-hybridized carbons (Fsp3) is 0.0625. The lowest BCUT2D eigenvalue weighted by molar-refractivity contribution is -0.131. The molecule has 0 heterocycles. The maximum Gasteiger partial charge on any atom is 0.328 e. The Hall–Kier alpha value is -2.07. The first kappa shape index (κ1) is 14.3. The van der Waals surface area contributed by atoms with Crippen LogP contribution in [0.1, 0.15) is 11.1 Å². The number of aliphatic carboxylic acids is 1. The van der Waals surface area contributed by atoms with Gasteiger partial charge in [-0.2, -0.15) is 0 Å². The number of hydrogen-bond acceptors (Lipinski definition) is 2. The van der Waals surface area contributed by atoms with Gasteiger partial charge in [-0.15, -0.1) is 0 Å². The van der Waals surface area contributed by atoms with Gasteiger partial charge in [0.1, 0.15) is 11.5 Å². The van der Waals surface area contributed by atoms with Crippen LogP contribution in [0.15, 0.2) is 53.0 Å². The molecule has 3 nitrogen and oxygen atoms in total. The summed E-state index contributed by atoms with van der Waals surface area (Å²) >= 11 is 3.37. The number of rotatable bonds is 4. The molecule has 4 heteroatoms. The van der Waals surface area contributed by atoms with E-state index >= 15 is 0 Å². The summed E-state index contributed by atoms with van der Waals surface area (Å²) in [5.74, 6) is 0.512. The van der Waals surface area contributed by atoms with Crippen LogP contribution in [0.25, 0.3) is 6.08 Å². The molecule has 0 unspecified atom stereocenters. The van der Waals surface area contributed by atoms with Crippen molar-refractivity contribution >= 4 is 28.0 Å². The van der Waals surface area contributed by atoms with Crippen LogP contribution < -0.4 is 4.74 Å². The second kappa shape index (κ2) is 6.39. The van der Waals surface area contributed by atoms with E-state index < -0.39 is 5.97 Å². The second-order valence-electron chi connectivity index (χ2n) is 4.25. The summed E-state index contributed by atoms with van der Waals surface area (Å²) in [5, 5.41) is 8.62. The molecule has 0 atom stereocenters. The molecule has 102 valence electrons. The summed E-state index contributed by atoms with van der Waals surface area (Å²) in [6, 6.07) is 13.1. The van der Waals surface area contributed by atoms with Gasteiger partial charge in [-0.3, -0.25) is 0 Å². The van der Waals surface area contributed by atoms with Crippen molar-refractivity contribution in [2.45, 2.75) is 6.92 Å². The molecule has 2 rings (SSSR count). The van der Waals surface area contributed by atoms with Gasteiger partial charge in [0, 0.05) is 10.5 Å². The summed E-state index contributed by atoms with van der Waals surface area (Å²) < 4.78 is 6.73. The van der Waals surface area contributed by atoms with E-state index in [1.54, 1.807) is 6.08 Å². The van der Waals surface area contributed by atoms with Gasteiger partial charge in [0.15, 0.2) is 0 Å². The molecule has 0 amide bonds. The maximum atomic E-state index is 10.5. The van der Waals surface area contributed by atoms with E-state index in [2.05, 4.69) is 15.9 Å². The van der Waals surface area contributed by atoms with E-state index in [0.717, 1.165) is 33.2 Å². The Kier molecular flexibility index (Phi) is 4.58. The zero-order chi connectivity index (χ0) is 14.5. The molecule has 0 fully saturated rings. The molecule has 0 saturated heterocycles. The van der Waals surface area contributed by atoms with Gasteiger partial charge >= 0.3 is 5.97 Å². The third-order valence-electron chi connectivity index (χ3n) is 2.70. The van der Waals surface area contributed by atoms with Gasteiger partial charge in [0.2, 0.25) is 0 Å². The predicted octanol–water partition coefficient (Wildman–Crippen LogP) is 4.65. The minimum Gasteiger partial charge on any atom is -0.478 e.